The zero-order valence-corrected chi connectivity index (χ0v) is 12.3. The number of carbonyl (C=O) groups is 1. The molecule has 112 valence electrons. The summed E-state index contributed by atoms with van der Waals surface area (Å²) in [6.07, 6.45) is 3.23. The summed E-state index contributed by atoms with van der Waals surface area (Å²) in [5.74, 6) is 0.847. The third-order valence-corrected chi connectivity index (χ3v) is 5.31. The van der Waals surface area contributed by atoms with Gasteiger partial charge >= 0.3 is 6.03 Å². The number of nitrogens with two attached hydrogens (primary N) is 1. The zero-order valence-electron chi connectivity index (χ0n) is 12.3. The molecule has 1 atom stereocenters. The Bertz CT molecular complexity index is 595. The summed E-state index contributed by atoms with van der Waals surface area (Å²) in [6, 6.07) is 6.73. The maximum atomic E-state index is 12.3. The molecular formula is C16H21N3O2. The van der Waals surface area contributed by atoms with Gasteiger partial charge in [0.15, 0.2) is 0 Å². The summed E-state index contributed by atoms with van der Waals surface area (Å²) in [4.78, 5) is 14.2. The predicted molar refractivity (Wildman–Crippen MR) is 78.8 cm³/mol. The van der Waals surface area contributed by atoms with Gasteiger partial charge in [-0.25, -0.2) is 4.79 Å². The van der Waals surface area contributed by atoms with E-state index in [1.165, 1.54) is 11.1 Å². The molecule has 21 heavy (non-hydrogen) atoms. The molecule has 0 radical (unpaired) electrons. The number of urea groups is 1. The number of methoxy groups -OCH3 is 1. The minimum atomic E-state index is 0.0410. The molecule has 0 aromatic heterocycles. The molecule has 1 unspecified atom stereocenters. The molecule has 5 nitrogen and oxygen atoms in total. The van der Waals surface area contributed by atoms with Gasteiger partial charge in [0.1, 0.15) is 5.75 Å². The summed E-state index contributed by atoms with van der Waals surface area (Å²) in [5, 5.41) is 3.14. The van der Waals surface area contributed by atoms with Gasteiger partial charge in [-0.1, -0.05) is 6.07 Å². The minimum Gasteiger partial charge on any atom is -0.497 e. The van der Waals surface area contributed by atoms with Crippen molar-refractivity contribution in [1.29, 1.82) is 0 Å². The second kappa shape index (κ2) is 4.37. The second-order valence-electron chi connectivity index (χ2n) is 6.72. The largest absolute Gasteiger partial charge is 0.497 e. The molecule has 1 heterocycles. The lowest BCUT2D eigenvalue weighted by Gasteiger charge is -2.37. The molecule has 0 saturated heterocycles. The number of benzene rings is 1. The van der Waals surface area contributed by atoms with Gasteiger partial charge in [0.25, 0.3) is 0 Å². The van der Waals surface area contributed by atoms with E-state index < -0.39 is 0 Å². The highest BCUT2D eigenvalue weighted by Crippen LogP contribution is 2.59. The van der Waals surface area contributed by atoms with Gasteiger partial charge in [-0.3, -0.25) is 0 Å². The smallest absolute Gasteiger partial charge is 0.318 e. The van der Waals surface area contributed by atoms with E-state index in [0.29, 0.717) is 30.6 Å². The lowest BCUT2D eigenvalue weighted by atomic mass is 9.76. The van der Waals surface area contributed by atoms with Crippen LogP contribution in [0.15, 0.2) is 18.2 Å². The van der Waals surface area contributed by atoms with Crippen molar-refractivity contribution >= 4 is 6.03 Å². The Morgan fingerprint density at radius 2 is 2.05 bits per heavy atom. The fourth-order valence-corrected chi connectivity index (χ4v) is 3.78. The molecule has 2 amide bonds. The molecule has 0 bridgehead atoms. The van der Waals surface area contributed by atoms with E-state index in [0.717, 1.165) is 25.0 Å². The first-order chi connectivity index (χ1) is 10.1. The summed E-state index contributed by atoms with van der Waals surface area (Å²) in [5.41, 5.74) is 8.69. The van der Waals surface area contributed by atoms with E-state index >= 15 is 0 Å². The molecule has 5 heteroatoms. The molecule has 1 spiro atoms. The van der Waals surface area contributed by atoms with Crippen molar-refractivity contribution in [2.45, 2.75) is 44.4 Å². The lowest BCUT2D eigenvalue weighted by Crippen LogP contribution is -2.50. The average molecular weight is 287 g/mol. The first-order valence-electron chi connectivity index (χ1n) is 7.56. The van der Waals surface area contributed by atoms with Crippen LogP contribution in [0.25, 0.3) is 0 Å². The van der Waals surface area contributed by atoms with E-state index in [1.54, 1.807) is 7.11 Å². The van der Waals surface area contributed by atoms with Crippen molar-refractivity contribution in [2.24, 2.45) is 11.1 Å². The molecule has 3 aliphatic rings. The third-order valence-electron chi connectivity index (χ3n) is 5.31. The quantitative estimate of drug-likeness (QED) is 0.868. The Labute approximate surface area is 124 Å². The van der Waals surface area contributed by atoms with Crippen LogP contribution in [-0.2, 0) is 13.1 Å². The van der Waals surface area contributed by atoms with E-state index in [2.05, 4.69) is 5.32 Å². The van der Waals surface area contributed by atoms with Crippen molar-refractivity contribution in [1.82, 2.24) is 10.2 Å². The van der Waals surface area contributed by atoms with Crippen molar-refractivity contribution < 1.29 is 9.53 Å². The highest BCUT2D eigenvalue weighted by Gasteiger charge is 2.60. The van der Waals surface area contributed by atoms with Gasteiger partial charge in [0, 0.05) is 25.2 Å². The van der Waals surface area contributed by atoms with Gasteiger partial charge in [-0.15, -0.1) is 0 Å². The maximum absolute atomic E-state index is 12.3. The van der Waals surface area contributed by atoms with Gasteiger partial charge in [-0.05, 0) is 47.9 Å². The fourth-order valence-electron chi connectivity index (χ4n) is 3.78. The van der Waals surface area contributed by atoms with Gasteiger partial charge in [0.2, 0.25) is 0 Å². The number of rotatable bonds is 2. The van der Waals surface area contributed by atoms with E-state index in [1.807, 2.05) is 23.1 Å². The topological polar surface area (TPSA) is 67.6 Å². The second-order valence-corrected chi connectivity index (χ2v) is 6.72. The molecule has 4 rings (SSSR count). The van der Waals surface area contributed by atoms with Crippen LogP contribution < -0.4 is 15.8 Å². The van der Waals surface area contributed by atoms with Crippen LogP contribution in [0, 0.1) is 5.41 Å². The van der Waals surface area contributed by atoms with Crippen LogP contribution in [0.1, 0.15) is 30.4 Å². The van der Waals surface area contributed by atoms with E-state index in [-0.39, 0.29) is 6.03 Å². The standard InChI is InChI=1S/C16H21N3O2/c1-21-13-3-2-10-8-19(9-11(10)4-13)15(20)18-12-5-16(6-12)7-14(16)17/h2-4,12,14H,5-9,17H2,1H3,(H,18,20). The number of carbonyl (C=O) groups excluding carboxylic acids is 1. The number of amides is 2. The highest BCUT2D eigenvalue weighted by atomic mass is 16.5. The van der Waals surface area contributed by atoms with Crippen molar-refractivity contribution in [3.8, 4) is 5.75 Å². The Morgan fingerprint density at radius 3 is 2.71 bits per heavy atom. The first kappa shape index (κ1) is 13.0. The number of ether oxygens (including phenoxy) is 1. The van der Waals surface area contributed by atoms with Crippen molar-refractivity contribution in [2.75, 3.05) is 7.11 Å². The fraction of sp³-hybridized carbons (Fsp3) is 0.562. The molecule has 1 aromatic rings. The summed E-state index contributed by atoms with van der Waals surface area (Å²) in [7, 11) is 1.66. The van der Waals surface area contributed by atoms with E-state index in [4.69, 9.17) is 10.5 Å². The molecule has 2 fully saturated rings. The van der Waals surface area contributed by atoms with Crippen LogP contribution >= 0.6 is 0 Å². The van der Waals surface area contributed by atoms with Crippen LogP contribution in [0.3, 0.4) is 0 Å². The van der Waals surface area contributed by atoms with Crippen molar-refractivity contribution in [3.63, 3.8) is 0 Å². The maximum Gasteiger partial charge on any atom is 0.318 e. The average Bonchev–Trinajstić information content (AvgIpc) is 2.94. The Kier molecular flexibility index (Phi) is 2.70. The Hall–Kier alpha value is -1.75. The summed E-state index contributed by atoms with van der Waals surface area (Å²) >= 11 is 0. The Balaban J connectivity index is 1.35. The van der Waals surface area contributed by atoms with Gasteiger partial charge in [0.05, 0.1) is 7.11 Å². The predicted octanol–water partition coefficient (Wildman–Crippen LogP) is 1.60. The summed E-state index contributed by atoms with van der Waals surface area (Å²) < 4.78 is 5.24. The minimum absolute atomic E-state index is 0.0410. The number of nitrogens with one attached hydrogen (secondary N) is 1. The lowest BCUT2D eigenvalue weighted by molar-refractivity contribution is 0.160. The number of hydrogen-bond donors (Lipinski definition) is 2. The number of fused-ring (bicyclic) bond motifs is 1. The zero-order chi connectivity index (χ0) is 14.6. The van der Waals surface area contributed by atoms with Crippen LogP contribution in [0.4, 0.5) is 4.79 Å². The Morgan fingerprint density at radius 1 is 1.33 bits per heavy atom. The molecule has 3 N–H and O–H groups in total. The number of hydrogen-bond acceptors (Lipinski definition) is 3. The van der Waals surface area contributed by atoms with Gasteiger partial charge < -0.3 is 20.7 Å². The molecular weight excluding hydrogens is 266 g/mol. The normalized spacial score (nSPS) is 32.6. The third kappa shape index (κ3) is 2.07. The summed E-state index contributed by atoms with van der Waals surface area (Å²) in [6.45, 7) is 1.35. The van der Waals surface area contributed by atoms with Crippen LogP contribution in [0.5, 0.6) is 5.75 Å². The molecule has 1 aliphatic heterocycles. The van der Waals surface area contributed by atoms with Gasteiger partial charge in [-0.2, -0.15) is 0 Å². The monoisotopic (exact) mass is 287 g/mol. The first-order valence-corrected chi connectivity index (χ1v) is 7.56. The molecule has 1 aromatic carbocycles. The van der Waals surface area contributed by atoms with Crippen molar-refractivity contribution in [3.05, 3.63) is 29.3 Å². The van der Waals surface area contributed by atoms with Crippen LogP contribution in [0.2, 0.25) is 0 Å². The SMILES string of the molecule is COc1ccc2c(c1)CN(C(=O)NC1CC3(C1)CC3N)C2. The molecule has 2 saturated carbocycles. The van der Waals surface area contributed by atoms with Crippen LogP contribution in [-0.4, -0.2) is 30.1 Å². The number of nitrogens with zero attached hydrogens (tertiary/aromatic N) is 1. The highest BCUT2D eigenvalue weighted by molar-refractivity contribution is 5.75. The van der Waals surface area contributed by atoms with E-state index in [9.17, 15) is 4.79 Å². The molecule has 2 aliphatic carbocycles.